The lowest BCUT2D eigenvalue weighted by Crippen LogP contribution is -2.13. The number of halogens is 1. The van der Waals surface area contributed by atoms with Crippen molar-refractivity contribution in [3.63, 3.8) is 0 Å². The van der Waals surface area contributed by atoms with E-state index >= 15 is 0 Å². The van der Waals surface area contributed by atoms with Crippen LogP contribution in [0.15, 0.2) is 53.9 Å². The van der Waals surface area contributed by atoms with E-state index in [-0.39, 0.29) is 11.7 Å². The van der Waals surface area contributed by atoms with Gasteiger partial charge in [-0.25, -0.2) is 9.37 Å². The maximum absolute atomic E-state index is 13.7. The molecule has 1 amide bonds. The second-order valence-corrected chi connectivity index (χ2v) is 6.52. The maximum Gasteiger partial charge on any atom is 0.260 e. The Hall–Kier alpha value is -2.73. The average molecular weight is 356 g/mol. The third kappa shape index (κ3) is 4.22. The first kappa shape index (κ1) is 17.1. The summed E-state index contributed by atoms with van der Waals surface area (Å²) in [7, 11) is 0. The van der Waals surface area contributed by atoms with Crippen molar-refractivity contribution < 1.29 is 13.9 Å². The van der Waals surface area contributed by atoms with Gasteiger partial charge in [-0.15, -0.1) is 11.3 Å². The second-order valence-electron chi connectivity index (χ2n) is 5.66. The second kappa shape index (κ2) is 7.44. The van der Waals surface area contributed by atoms with E-state index in [4.69, 9.17) is 4.74 Å². The van der Waals surface area contributed by atoms with Gasteiger partial charge in [-0.3, -0.25) is 10.1 Å². The number of benzene rings is 2. The molecule has 0 fully saturated rings. The minimum atomic E-state index is -0.558. The first-order valence-corrected chi connectivity index (χ1v) is 8.69. The number of hydrogen-bond donors (Lipinski definition) is 1. The van der Waals surface area contributed by atoms with E-state index in [1.807, 2.05) is 43.5 Å². The van der Waals surface area contributed by atoms with Crippen LogP contribution in [-0.2, 0) is 0 Å². The Balaban J connectivity index is 1.72. The Labute approximate surface area is 149 Å². The molecule has 0 aliphatic heterocycles. The predicted molar refractivity (Wildman–Crippen MR) is 97.7 cm³/mol. The SMILES string of the molecule is CC(C)Oc1ccc(-c2csc(NC(=O)c3ccccc3F)n2)cc1. The van der Waals surface area contributed by atoms with Crippen LogP contribution in [0.25, 0.3) is 11.3 Å². The molecule has 0 saturated carbocycles. The molecule has 0 atom stereocenters. The number of amides is 1. The smallest absolute Gasteiger partial charge is 0.260 e. The molecule has 0 aliphatic carbocycles. The van der Waals surface area contributed by atoms with Crippen molar-refractivity contribution in [1.82, 2.24) is 4.98 Å². The number of carbonyl (C=O) groups excluding carboxylic acids is 1. The summed E-state index contributed by atoms with van der Waals surface area (Å²) in [6.07, 6.45) is 0.116. The summed E-state index contributed by atoms with van der Waals surface area (Å²) >= 11 is 1.29. The quantitative estimate of drug-likeness (QED) is 0.701. The first-order chi connectivity index (χ1) is 12.0. The van der Waals surface area contributed by atoms with Crippen LogP contribution < -0.4 is 10.1 Å². The summed E-state index contributed by atoms with van der Waals surface area (Å²) in [5.41, 5.74) is 1.65. The van der Waals surface area contributed by atoms with E-state index in [9.17, 15) is 9.18 Å². The molecule has 3 aromatic rings. The monoisotopic (exact) mass is 356 g/mol. The number of carbonyl (C=O) groups is 1. The molecule has 0 bridgehead atoms. The molecule has 1 aromatic heterocycles. The van der Waals surface area contributed by atoms with E-state index in [1.54, 1.807) is 12.1 Å². The van der Waals surface area contributed by atoms with Gasteiger partial charge in [-0.1, -0.05) is 12.1 Å². The maximum atomic E-state index is 13.7. The Morgan fingerprint density at radius 2 is 1.88 bits per heavy atom. The molecule has 6 heteroatoms. The van der Waals surface area contributed by atoms with Gasteiger partial charge in [0.05, 0.1) is 17.4 Å². The molecule has 25 heavy (non-hydrogen) atoms. The largest absolute Gasteiger partial charge is 0.491 e. The molecule has 4 nitrogen and oxygen atoms in total. The summed E-state index contributed by atoms with van der Waals surface area (Å²) in [6.45, 7) is 3.94. The van der Waals surface area contributed by atoms with Crippen molar-refractivity contribution in [1.29, 1.82) is 0 Å². The molecule has 0 radical (unpaired) electrons. The van der Waals surface area contributed by atoms with Gasteiger partial charge in [0.2, 0.25) is 0 Å². The summed E-state index contributed by atoms with van der Waals surface area (Å²) in [5, 5.41) is 4.89. The number of anilines is 1. The average Bonchev–Trinajstić information content (AvgIpc) is 3.04. The number of ether oxygens (including phenoxy) is 1. The Kier molecular flexibility index (Phi) is 5.09. The van der Waals surface area contributed by atoms with Gasteiger partial charge in [-0.05, 0) is 50.2 Å². The standard InChI is InChI=1S/C19H17FN2O2S/c1-12(2)24-14-9-7-13(8-10-14)17-11-25-19(21-17)22-18(23)15-5-3-4-6-16(15)20/h3-12H,1-2H3,(H,21,22,23). The lowest BCUT2D eigenvalue weighted by molar-refractivity contribution is 0.102. The zero-order valence-electron chi connectivity index (χ0n) is 13.8. The summed E-state index contributed by atoms with van der Waals surface area (Å²) in [5.74, 6) is -0.278. The summed E-state index contributed by atoms with van der Waals surface area (Å²) in [4.78, 5) is 16.5. The zero-order chi connectivity index (χ0) is 17.8. The van der Waals surface area contributed by atoms with Crippen molar-refractivity contribution in [2.45, 2.75) is 20.0 Å². The Morgan fingerprint density at radius 1 is 1.16 bits per heavy atom. The van der Waals surface area contributed by atoms with Crippen molar-refractivity contribution in [3.8, 4) is 17.0 Å². The van der Waals surface area contributed by atoms with Gasteiger partial charge in [0.25, 0.3) is 5.91 Å². The number of nitrogens with zero attached hydrogens (tertiary/aromatic N) is 1. The highest BCUT2D eigenvalue weighted by Gasteiger charge is 2.13. The Morgan fingerprint density at radius 3 is 2.56 bits per heavy atom. The van der Waals surface area contributed by atoms with Crippen LogP contribution in [0.3, 0.4) is 0 Å². The fraction of sp³-hybridized carbons (Fsp3) is 0.158. The lowest BCUT2D eigenvalue weighted by atomic mass is 10.2. The molecular weight excluding hydrogens is 339 g/mol. The lowest BCUT2D eigenvalue weighted by Gasteiger charge is -2.09. The molecule has 1 heterocycles. The predicted octanol–water partition coefficient (Wildman–Crippen LogP) is 4.99. The fourth-order valence-electron chi connectivity index (χ4n) is 2.25. The van der Waals surface area contributed by atoms with Gasteiger partial charge in [0, 0.05) is 10.9 Å². The minimum absolute atomic E-state index is 0.00515. The number of nitrogens with one attached hydrogen (secondary N) is 1. The molecule has 0 spiro atoms. The van der Waals surface area contributed by atoms with Gasteiger partial charge >= 0.3 is 0 Å². The van der Waals surface area contributed by atoms with E-state index in [0.717, 1.165) is 17.0 Å². The number of hydrogen-bond acceptors (Lipinski definition) is 4. The molecule has 2 aromatic carbocycles. The molecule has 3 rings (SSSR count). The molecule has 0 saturated heterocycles. The highest BCUT2D eigenvalue weighted by molar-refractivity contribution is 7.14. The van der Waals surface area contributed by atoms with Crippen molar-refractivity contribution >= 4 is 22.4 Å². The third-order valence-corrected chi connectivity index (χ3v) is 4.12. The third-order valence-electron chi connectivity index (χ3n) is 3.36. The van der Waals surface area contributed by atoms with Crippen molar-refractivity contribution in [2.75, 3.05) is 5.32 Å². The minimum Gasteiger partial charge on any atom is -0.491 e. The van der Waals surface area contributed by atoms with Crippen molar-refractivity contribution in [2.24, 2.45) is 0 Å². The molecule has 1 N–H and O–H groups in total. The molecular formula is C19H17FN2O2S. The van der Waals surface area contributed by atoms with Crippen LogP contribution in [-0.4, -0.2) is 17.0 Å². The molecule has 0 unspecified atom stereocenters. The highest BCUT2D eigenvalue weighted by Crippen LogP contribution is 2.27. The Bertz CT molecular complexity index is 875. The number of rotatable bonds is 5. The van der Waals surface area contributed by atoms with Crippen LogP contribution in [0, 0.1) is 5.82 Å². The zero-order valence-corrected chi connectivity index (χ0v) is 14.6. The normalized spacial score (nSPS) is 10.7. The fourth-order valence-corrected chi connectivity index (χ4v) is 2.96. The number of thiazole rings is 1. The van der Waals surface area contributed by atoms with Gasteiger partial charge < -0.3 is 4.74 Å². The van der Waals surface area contributed by atoms with E-state index < -0.39 is 11.7 Å². The van der Waals surface area contributed by atoms with E-state index in [0.29, 0.717) is 5.13 Å². The highest BCUT2D eigenvalue weighted by atomic mass is 32.1. The van der Waals surface area contributed by atoms with Crippen LogP contribution >= 0.6 is 11.3 Å². The summed E-state index contributed by atoms with van der Waals surface area (Å²) in [6, 6.07) is 13.4. The molecule has 0 aliphatic rings. The van der Waals surface area contributed by atoms with Gasteiger partial charge in [0.15, 0.2) is 5.13 Å². The first-order valence-electron chi connectivity index (χ1n) is 7.81. The van der Waals surface area contributed by atoms with Crippen LogP contribution in [0.2, 0.25) is 0 Å². The topological polar surface area (TPSA) is 51.2 Å². The van der Waals surface area contributed by atoms with Crippen molar-refractivity contribution in [3.05, 3.63) is 65.3 Å². The van der Waals surface area contributed by atoms with Gasteiger partial charge in [0.1, 0.15) is 11.6 Å². The van der Waals surface area contributed by atoms with E-state index in [1.165, 1.54) is 23.5 Å². The van der Waals surface area contributed by atoms with Crippen LogP contribution in [0.1, 0.15) is 24.2 Å². The van der Waals surface area contributed by atoms with Gasteiger partial charge in [-0.2, -0.15) is 0 Å². The number of aromatic nitrogens is 1. The molecule has 128 valence electrons. The van der Waals surface area contributed by atoms with Crippen LogP contribution in [0.4, 0.5) is 9.52 Å². The van der Waals surface area contributed by atoms with E-state index in [2.05, 4.69) is 10.3 Å². The summed E-state index contributed by atoms with van der Waals surface area (Å²) < 4.78 is 19.3. The van der Waals surface area contributed by atoms with Crippen LogP contribution in [0.5, 0.6) is 5.75 Å².